The third-order valence-electron chi connectivity index (χ3n) is 7.58. The van der Waals surface area contributed by atoms with E-state index in [1.165, 1.54) is 6.07 Å². The molecule has 5 heteroatoms. The quantitative estimate of drug-likeness (QED) is 0.361. The molecule has 0 saturated heterocycles. The number of hydrogen-bond acceptors (Lipinski definition) is 2. The standard InChI is InChI=1S/C29H35F3O2/c1-3-19-5-8-21(9-6-19)24-14-15-25(29(32)28(24)31)22-10-12-23(13-11-22)34-18-20-7-16-27(33-4-2)26(30)17-20/h3,7,14-17,19,21-23H,1,4-6,8-13,18H2,2H3. The summed E-state index contributed by atoms with van der Waals surface area (Å²) in [6.45, 7) is 6.42. The average Bonchev–Trinajstić information content (AvgIpc) is 2.86. The van der Waals surface area contributed by atoms with Gasteiger partial charge in [0.15, 0.2) is 23.2 Å². The lowest BCUT2D eigenvalue weighted by atomic mass is 9.77. The van der Waals surface area contributed by atoms with E-state index in [1.807, 2.05) is 31.2 Å². The fourth-order valence-corrected chi connectivity index (χ4v) is 5.54. The van der Waals surface area contributed by atoms with Gasteiger partial charge in [-0.05, 0) is 105 Å². The third kappa shape index (κ3) is 5.68. The van der Waals surface area contributed by atoms with Gasteiger partial charge in [0.05, 0.1) is 19.3 Å². The molecule has 2 aromatic rings. The Bertz CT molecular complexity index is 974. The Balaban J connectivity index is 1.31. The molecule has 0 radical (unpaired) electrons. The van der Waals surface area contributed by atoms with Crippen LogP contribution in [0.4, 0.5) is 13.2 Å². The third-order valence-corrected chi connectivity index (χ3v) is 7.58. The molecule has 4 rings (SSSR count). The van der Waals surface area contributed by atoms with Gasteiger partial charge in [-0.1, -0.05) is 24.3 Å². The highest BCUT2D eigenvalue weighted by Gasteiger charge is 2.29. The molecule has 0 unspecified atom stereocenters. The second kappa shape index (κ2) is 11.4. The van der Waals surface area contributed by atoms with E-state index < -0.39 is 11.6 Å². The van der Waals surface area contributed by atoms with Crippen LogP contribution in [0.25, 0.3) is 0 Å². The molecule has 2 fully saturated rings. The van der Waals surface area contributed by atoms with Crippen LogP contribution in [-0.4, -0.2) is 12.7 Å². The van der Waals surface area contributed by atoms with Crippen molar-refractivity contribution in [3.63, 3.8) is 0 Å². The van der Waals surface area contributed by atoms with Gasteiger partial charge in [-0.25, -0.2) is 13.2 Å². The minimum Gasteiger partial charge on any atom is -0.491 e. The molecule has 184 valence electrons. The van der Waals surface area contributed by atoms with Crippen LogP contribution in [0.5, 0.6) is 5.75 Å². The van der Waals surface area contributed by atoms with E-state index in [2.05, 4.69) is 6.58 Å². The molecule has 0 heterocycles. The van der Waals surface area contributed by atoms with Crippen LogP contribution in [0.15, 0.2) is 43.0 Å². The highest BCUT2D eigenvalue weighted by molar-refractivity contribution is 5.32. The zero-order valence-electron chi connectivity index (χ0n) is 20.0. The molecule has 0 aromatic heterocycles. The van der Waals surface area contributed by atoms with Crippen molar-refractivity contribution in [1.82, 2.24) is 0 Å². The Labute approximate surface area is 201 Å². The van der Waals surface area contributed by atoms with Crippen LogP contribution in [0.3, 0.4) is 0 Å². The Morgan fingerprint density at radius 1 is 0.853 bits per heavy atom. The molecule has 2 nitrogen and oxygen atoms in total. The number of benzene rings is 2. The highest BCUT2D eigenvalue weighted by atomic mass is 19.2. The Hall–Kier alpha value is -2.27. The summed E-state index contributed by atoms with van der Waals surface area (Å²) in [6, 6.07) is 8.50. The van der Waals surface area contributed by atoms with Crippen LogP contribution in [-0.2, 0) is 11.3 Å². The highest BCUT2D eigenvalue weighted by Crippen LogP contribution is 2.41. The average molecular weight is 473 g/mol. The molecule has 34 heavy (non-hydrogen) atoms. The Morgan fingerprint density at radius 3 is 1.97 bits per heavy atom. The van der Waals surface area contributed by atoms with E-state index in [0.717, 1.165) is 56.9 Å². The van der Waals surface area contributed by atoms with Crippen LogP contribution in [0, 0.1) is 23.4 Å². The number of hydrogen-bond donors (Lipinski definition) is 0. The van der Waals surface area contributed by atoms with Gasteiger partial charge in [0.1, 0.15) is 0 Å². The van der Waals surface area contributed by atoms with E-state index in [9.17, 15) is 4.39 Å². The summed E-state index contributed by atoms with van der Waals surface area (Å²) in [5.74, 6) is -0.876. The first-order valence-corrected chi connectivity index (χ1v) is 12.6. The van der Waals surface area contributed by atoms with Gasteiger partial charge in [-0.3, -0.25) is 0 Å². The van der Waals surface area contributed by atoms with Gasteiger partial charge in [0.25, 0.3) is 0 Å². The summed E-state index contributed by atoms with van der Waals surface area (Å²) >= 11 is 0. The molecule has 0 atom stereocenters. The first-order chi connectivity index (χ1) is 16.5. The predicted octanol–water partition coefficient (Wildman–Crippen LogP) is 8.21. The van der Waals surface area contributed by atoms with Gasteiger partial charge < -0.3 is 9.47 Å². The summed E-state index contributed by atoms with van der Waals surface area (Å²) in [6.07, 6.45) is 8.82. The van der Waals surface area contributed by atoms with E-state index in [0.29, 0.717) is 30.3 Å². The summed E-state index contributed by atoms with van der Waals surface area (Å²) in [5, 5.41) is 0. The molecule has 2 aliphatic rings. The fraction of sp³-hybridized carbons (Fsp3) is 0.517. The van der Waals surface area contributed by atoms with Gasteiger partial charge in [-0.15, -0.1) is 6.58 Å². The maximum atomic E-state index is 15.1. The van der Waals surface area contributed by atoms with Crippen LogP contribution >= 0.6 is 0 Å². The predicted molar refractivity (Wildman–Crippen MR) is 129 cm³/mol. The van der Waals surface area contributed by atoms with Gasteiger partial charge in [0.2, 0.25) is 0 Å². The maximum absolute atomic E-state index is 15.1. The van der Waals surface area contributed by atoms with Gasteiger partial charge >= 0.3 is 0 Å². The molecular weight excluding hydrogens is 437 g/mol. The van der Waals surface area contributed by atoms with Crippen molar-refractivity contribution in [1.29, 1.82) is 0 Å². The molecular formula is C29H35F3O2. The summed E-state index contributed by atoms with van der Waals surface area (Å²) in [5.41, 5.74) is 1.78. The molecule has 0 spiro atoms. The van der Waals surface area contributed by atoms with Crippen molar-refractivity contribution in [2.24, 2.45) is 5.92 Å². The number of allylic oxidation sites excluding steroid dienone is 1. The fourth-order valence-electron chi connectivity index (χ4n) is 5.54. The zero-order chi connectivity index (χ0) is 24.1. The minimum atomic E-state index is -0.669. The first-order valence-electron chi connectivity index (χ1n) is 12.6. The monoisotopic (exact) mass is 472 g/mol. The summed E-state index contributed by atoms with van der Waals surface area (Å²) < 4.78 is 55.4. The maximum Gasteiger partial charge on any atom is 0.165 e. The van der Waals surface area contributed by atoms with Crippen molar-refractivity contribution in [3.8, 4) is 5.75 Å². The van der Waals surface area contributed by atoms with Gasteiger partial charge in [-0.2, -0.15) is 0 Å². The van der Waals surface area contributed by atoms with E-state index in [4.69, 9.17) is 9.47 Å². The summed E-state index contributed by atoms with van der Waals surface area (Å²) in [7, 11) is 0. The van der Waals surface area contributed by atoms with E-state index >= 15 is 8.78 Å². The summed E-state index contributed by atoms with van der Waals surface area (Å²) in [4.78, 5) is 0. The molecule has 2 aromatic carbocycles. The molecule has 0 aliphatic heterocycles. The minimum absolute atomic E-state index is 0.00261. The Morgan fingerprint density at radius 2 is 1.44 bits per heavy atom. The van der Waals surface area contributed by atoms with Crippen molar-refractivity contribution in [3.05, 3.63) is 77.1 Å². The smallest absolute Gasteiger partial charge is 0.165 e. The molecule has 0 amide bonds. The first kappa shape index (κ1) is 24.8. The van der Waals surface area contributed by atoms with Crippen molar-refractivity contribution < 1.29 is 22.6 Å². The largest absolute Gasteiger partial charge is 0.491 e. The second-order valence-corrected chi connectivity index (χ2v) is 9.70. The van der Waals surface area contributed by atoms with Crippen molar-refractivity contribution in [2.75, 3.05) is 6.61 Å². The number of halogens is 3. The molecule has 2 aliphatic carbocycles. The Kier molecular flexibility index (Phi) is 8.36. The van der Waals surface area contributed by atoms with Crippen LogP contribution in [0.1, 0.15) is 86.8 Å². The number of ether oxygens (including phenoxy) is 2. The topological polar surface area (TPSA) is 18.5 Å². The zero-order valence-corrected chi connectivity index (χ0v) is 20.0. The lowest BCUT2D eigenvalue weighted by Gasteiger charge is -2.30. The van der Waals surface area contributed by atoms with E-state index in [-0.39, 0.29) is 29.5 Å². The SMILES string of the molecule is C=CC1CCC(c2ccc(C3CCC(OCc4ccc(OCC)c(F)c4)CC3)c(F)c2F)CC1. The van der Waals surface area contributed by atoms with Crippen molar-refractivity contribution >= 4 is 0 Å². The van der Waals surface area contributed by atoms with Crippen molar-refractivity contribution in [2.45, 2.75) is 82.8 Å². The lowest BCUT2D eigenvalue weighted by Crippen LogP contribution is -2.22. The number of rotatable bonds is 8. The van der Waals surface area contributed by atoms with Crippen LogP contribution < -0.4 is 4.74 Å². The second-order valence-electron chi connectivity index (χ2n) is 9.70. The molecule has 0 bridgehead atoms. The van der Waals surface area contributed by atoms with E-state index in [1.54, 1.807) is 6.07 Å². The normalized spacial score (nSPS) is 25.2. The van der Waals surface area contributed by atoms with Gasteiger partial charge in [0, 0.05) is 0 Å². The van der Waals surface area contributed by atoms with Crippen LogP contribution in [0.2, 0.25) is 0 Å². The molecule has 0 N–H and O–H groups in total. The molecule has 2 saturated carbocycles. The lowest BCUT2D eigenvalue weighted by molar-refractivity contribution is 0.0130.